The van der Waals surface area contributed by atoms with Gasteiger partial charge in [-0.25, -0.2) is 0 Å². The summed E-state index contributed by atoms with van der Waals surface area (Å²) in [6.07, 6.45) is 3.46. The molecule has 0 aromatic carbocycles. The molecule has 0 aliphatic carbocycles. The second-order valence-electron chi connectivity index (χ2n) is 3.94. The van der Waals surface area contributed by atoms with Gasteiger partial charge in [0.15, 0.2) is 0 Å². The van der Waals surface area contributed by atoms with Gasteiger partial charge in [-0.1, -0.05) is 0 Å². The fourth-order valence-electron chi connectivity index (χ4n) is 1.34. The van der Waals surface area contributed by atoms with Gasteiger partial charge in [0.05, 0.1) is 12.3 Å². The molecule has 1 amide bonds. The van der Waals surface area contributed by atoms with E-state index in [1.54, 1.807) is 6.26 Å². The van der Waals surface area contributed by atoms with Crippen molar-refractivity contribution >= 4 is 5.91 Å². The molecule has 0 spiro atoms. The number of nitrogens with one attached hydrogen (secondary N) is 1. The van der Waals surface area contributed by atoms with Crippen molar-refractivity contribution in [1.29, 1.82) is 0 Å². The van der Waals surface area contributed by atoms with Gasteiger partial charge in [0.2, 0.25) is 5.91 Å². The van der Waals surface area contributed by atoms with Crippen LogP contribution in [0.4, 0.5) is 0 Å². The van der Waals surface area contributed by atoms with Crippen molar-refractivity contribution in [2.24, 2.45) is 11.5 Å². The Kier molecular flexibility index (Phi) is 5.01. The van der Waals surface area contributed by atoms with E-state index in [4.69, 9.17) is 15.9 Å². The van der Waals surface area contributed by atoms with Crippen LogP contribution >= 0.6 is 0 Å². The summed E-state index contributed by atoms with van der Waals surface area (Å²) >= 11 is 0. The van der Waals surface area contributed by atoms with Crippen LogP contribution < -0.4 is 16.8 Å². The first-order valence-corrected chi connectivity index (χ1v) is 5.40. The molecule has 2 unspecified atom stereocenters. The zero-order chi connectivity index (χ0) is 12.0. The van der Waals surface area contributed by atoms with E-state index in [0.717, 1.165) is 18.6 Å². The van der Waals surface area contributed by atoms with Gasteiger partial charge in [0.1, 0.15) is 5.76 Å². The Morgan fingerprint density at radius 1 is 1.62 bits per heavy atom. The van der Waals surface area contributed by atoms with E-state index in [1.807, 2.05) is 19.1 Å². The summed E-state index contributed by atoms with van der Waals surface area (Å²) in [5, 5.41) is 3.16. The first kappa shape index (κ1) is 12.7. The second-order valence-corrected chi connectivity index (χ2v) is 3.94. The number of hydrogen-bond acceptors (Lipinski definition) is 4. The maximum Gasteiger partial charge on any atom is 0.235 e. The first-order valence-electron chi connectivity index (χ1n) is 5.40. The molecule has 16 heavy (non-hydrogen) atoms. The monoisotopic (exact) mass is 225 g/mol. The van der Waals surface area contributed by atoms with Crippen molar-refractivity contribution in [3.63, 3.8) is 0 Å². The highest BCUT2D eigenvalue weighted by Gasteiger charge is 2.10. The van der Waals surface area contributed by atoms with Crippen molar-refractivity contribution in [2.45, 2.75) is 31.8 Å². The molecule has 0 saturated heterocycles. The third kappa shape index (κ3) is 4.46. The van der Waals surface area contributed by atoms with E-state index in [-0.39, 0.29) is 6.04 Å². The van der Waals surface area contributed by atoms with Gasteiger partial charge < -0.3 is 21.2 Å². The normalized spacial score (nSPS) is 14.6. The summed E-state index contributed by atoms with van der Waals surface area (Å²) in [4.78, 5) is 10.7. The summed E-state index contributed by atoms with van der Waals surface area (Å²) in [5.74, 6) is 0.485. The number of aryl methyl sites for hydroxylation is 1. The largest absolute Gasteiger partial charge is 0.469 e. The zero-order valence-corrected chi connectivity index (χ0v) is 9.48. The molecule has 5 heteroatoms. The van der Waals surface area contributed by atoms with Gasteiger partial charge in [0.25, 0.3) is 0 Å². The fourth-order valence-corrected chi connectivity index (χ4v) is 1.34. The van der Waals surface area contributed by atoms with Gasteiger partial charge in [-0.15, -0.1) is 0 Å². The predicted octanol–water partition coefficient (Wildman–Crippen LogP) is 0.00290. The SMILES string of the molecule is CC(CCc1ccco1)NCC(N)C(N)=O. The molecule has 5 nitrogen and oxygen atoms in total. The molecular formula is C11H19N3O2. The van der Waals surface area contributed by atoms with Crippen LogP contribution in [0, 0.1) is 0 Å². The van der Waals surface area contributed by atoms with E-state index >= 15 is 0 Å². The number of nitrogens with two attached hydrogens (primary N) is 2. The lowest BCUT2D eigenvalue weighted by Crippen LogP contribution is -2.46. The van der Waals surface area contributed by atoms with Crippen molar-refractivity contribution in [3.8, 4) is 0 Å². The summed E-state index contributed by atoms with van der Waals surface area (Å²) in [5.41, 5.74) is 10.6. The molecule has 1 aromatic heterocycles. The Balaban J connectivity index is 2.16. The molecule has 5 N–H and O–H groups in total. The summed E-state index contributed by atoms with van der Waals surface area (Å²) < 4.78 is 5.22. The molecule has 1 heterocycles. The third-order valence-corrected chi connectivity index (χ3v) is 2.46. The number of furan rings is 1. The number of rotatable bonds is 7. The Morgan fingerprint density at radius 3 is 2.94 bits per heavy atom. The Labute approximate surface area is 95.2 Å². The van der Waals surface area contributed by atoms with E-state index in [2.05, 4.69) is 5.32 Å². The highest BCUT2D eigenvalue weighted by Crippen LogP contribution is 2.05. The molecule has 0 aliphatic heterocycles. The van der Waals surface area contributed by atoms with E-state index < -0.39 is 11.9 Å². The van der Waals surface area contributed by atoms with Crippen LogP contribution in [0.5, 0.6) is 0 Å². The number of amides is 1. The summed E-state index contributed by atoms with van der Waals surface area (Å²) in [7, 11) is 0. The molecule has 0 saturated carbocycles. The average Bonchev–Trinajstić information content (AvgIpc) is 2.75. The molecule has 0 aliphatic rings. The Bertz CT molecular complexity index is 311. The summed E-state index contributed by atoms with van der Waals surface area (Å²) in [6.45, 7) is 2.45. The standard InChI is InChI=1S/C11H19N3O2/c1-8(14-7-10(12)11(13)15)4-5-9-3-2-6-16-9/h2-3,6,8,10,14H,4-5,7,12H2,1H3,(H2,13,15). The van der Waals surface area contributed by atoms with Crippen LogP contribution in [0.15, 0.2) is 22.8 Å². The average molecular weight is 225 g/mol. The Hall–Kier alpha value is -1.33. The van der Waals surface area contributed by atoms with Crippen molar-refractivity contribution in [3.05, 3.63) is 24.2 Å². The smallest absolute Gasteiger partial charge is 0.235 e. The number of carbonyl (C=O) groups excluding carboxylic acids is 1. The topological polar surface area (TPSA) is 94.3 Å². The van der Waals surface area contributed by atoms with E-state index in [1.165, 1.54) is 0 Å². The number of primary amides is 1. The van der Waals surface area contributed by atoms with Gasteiger partial charge in [-0.2, -0.15) is 0 Å². The molecular weight excluding hydrogens is 206 g/mol. The molecule has 0 bridgehead atoms. The van der Waals surface area contributed by atoms with Crippen LogP contribution in [-0.4, -0.2) is 24.5 Å². The van der Waals surface area contributed by atoms with Gasteiger partial charge in [0, 0.05) is 19.0 Å². The van der Waals surface area contributed by atoms with Crippen LogP contribution in [0.2, 0.25) is 0 Å². The van der Waals surface area contributed by atoms with Gasteiger partial charge >= 0.3 is 0 Å². The molecule has 0 fully saturated rings. The fraction of sp³-hybridized carbons (Fsp3) is 0.545. The highest BCUT2D eigenvalue weighted by atomic mass is 16.3. The van der Waals surface area contributed by atoms with Crippen LogP contribution in [0.25, 0.3) is 0 Å². The minimum Gasteiger partial charge on any atom is -0.469 e. The third-order valence-electron chi connectivity index (χ3n) is 2.46. The Morgan fingerprint density at radius 2 is 2.38 bits per heavy atom. The minimum atomic E-state index is -0.619. The van der Waals surface area contributed by atoms with Crippen LogP contribution in [-0.2, 0) is 11.2 Å². The second kappa shape index (κ2) is 6.30. The summed E-state index contributed by atoms with van der Waals surface area (Å²) in [6, 6.07) is 3.47. The van der Waals surface area contributed by atoms with Crippen molar-refractivity contribution in [1.82, 2.24) is 5.32 Å². The lowest BCUT2D eigenvalue weighted by molar-refractivity contribution is -0.119. The lowest BCUT2D eigenvalue weighted by atomic mass is 10.1. The molecule has 1 rings (SSSR count). The minimum absolute atomic E-state index is 0.274. The quantitative estimate of drug-likeness (QED) is 0.609. The molecule has 2 atom stereocenters. The molecule has 0 radical (unpaired) electrons. The molecule has 1 aromatic rings. The molecule has 90 valence electrons. The highest BCUT2D eigenvalue weighted by molar-refractivity contribution is 5.79. The maximum atomic E-state index is 10.7. The first-order chi connectivity index (χ1) is 7.59. The van der Waals surface area contributed by atoms with Crippen LogP contribution in [0.3, 0.4) is 0 Å². The van der Waals surface area contributed by atoms with Crippen LogP contribution in [0.1, 0.15) is 19.1 Å². The van der Waals surface area contributed by atoms with Crippen molar-refractivity contribution < 1.29 is 9.21 Å². The van der Waals surface area contributed by atoms with Gasteiger partial charge in [-0.05, 0) is 25.5 Å². The lowest BCUT2D eigenvalue weighted by Gasteiger charge is -2.15. The van der Waals surface area contributed by atoms with E-state index in [9.17, 15) is 4.79 Å². The maximum absolute atomic E-state index is 10.7. The number of hydrogen-bond donors (Lipinski definition) is 3. The van der Waals surface area contributed by atoms with Gasteiger partial charge in [-0.3, -0.25) is 4.79 Å². The predicted molar refractivity (Wildman–Crippen MR) is 61.7 cm³/mol. The number of carbonyl (C=O) groups is 1. The zero-order valence-electron chi connectivity index (χ0n) is 9.48. The van der Waals surface area contributed by atoms with E-state index in [0.29, 0.717) is 6.54 Å². The van der Waals surface area contributed by atoms with Crippen molar-refractivity contribution in [2.75, 3.05) is 6.54 Å².